The van der Waals surface area contributed by atoms with Gasteiger partial charge in [0.2, 0.25) is 10.0 Å². The van der Waals surface area contributed by atoms with Crippen LogP contribution in [-0.4, -0.2) is 39.3 Å². The number of halogens is 1. The maximum absolute atomic E-state index is 11.7. The van der Waals surface area contributed by atoms with Crippen LogP contribution >= 0.6 is 15.9 Å². The van der Waals surface area contributed by atoms with Crippen molar-refractivity contribution in [1.82, 2.24) is 4.72 Å². The van der Waals surface area contributed by atoms with Crippen LogP contribution in [0.4, 0.5) is 0 Å². The highest BCUT2D eigenvalue weighted by atomic mass is 79.9. The molecule has 0 saturated carbocycles. The molecular formula is C12H18BrNO3S. The Morgan fingerprint density at radius 1 is 1.33 bits per heavy atom. The molecule has 0 aliphatic heterocycles. The Balaban J connectivity index is 2.36. The molecule has 0 spiro atoms. The number of aryl methyl sites for hydroxylation is 1. The minimum absolute atomic E-state index is 0.00556. The summed E-state index contributed by atoms with van der Waals surface area (Å²) in [5.41, 5.74) is 1.02. The summed E-state index contributed by atoms with van der Waals surface area (Å²) in [4.78, 5) is -0.00556. The van der Waals surface area contributed by atoms with Crippen LogP contribution in [0.3, 0.4) is 0 Å². The largest absolute Gasteiger partial charge is 0.383 e. The van der Waals surface area contributed by atoms with Crippen LogP contribution in [0.1, 0.15) is 5.56 Å². The van der Waals surface area contributed by atoms with Gasteiger partial charge in [0.15, 0.2) is 0 Å². The quantitative estimate of drug-likeness (QED) is 0.733. The van der Waals surface area contributed by atoms with Crippen LogP contribution in [0, 0.1) is 0 Å². The number of hydrogen-bond acceptors (Lipinski definition) is 3. The van der Waals surface area contributed by atoms with Gasteiger partial charge < -0.3 is 4.74 Å². The summed E-state index contributed by atoms with van der Waals surface area (Å²) < 4.78 is 31.0. The summed E-state index contributed by atoms with van der Waals surface area (Å²) >= 11 is 3.33. The lowest BCUT2D eigenvalue weighted by atomic mass is 10.2. The van der Waals surface area contributed by atoms with E-state index >= 15 is 0 Å². The highest BCUT2D eigenvalue weighted by Crippen LogP contribution is 2.03. The van der Waals surface area contributed by atoms with Crippen molar-refractivity contribution in [3.8, 4) is 0 Å². The fraction of sp³-hybridized carbons (Fsp3) is 0.500. The molecule has 0 amide bonds. The summed E-state index contributed by atoms with van der Waals surface area (Å²) in [6, 6.07) is 9.57. The lowest BCUT2D eigenvalue weighted by Crippen LogP contribution is -2.33. The standard InChI is InChI=1S/C12H18BrNO3S/c1-17-10-12(13)9-14-18(15,16)8-7-11-5-3-2-4-6-11/h2-6,12,14H,7-10H2,1H3. The van der Waals surface area contributed by atoms with Crippen molar-refractivity contribution in [2.45, 2.75) is 11.2 Å². The Morgan fingerprint density at radius 2 is 2.00 bits per heavy atom. The van der Waals surface area contributed by atoms with Gasteiger partial charge in [0.1, 0.15) is 0 Å². The lowest BCUT2D eigenvalue weighted by Gasteiger charge is -2.10. The van der Waals surface area contributed by atoms with Crippen LogP contribution in [0.2, 0.25) is 0 Å². The summed E-state index contributed by atoms with van der Waals surface area (Å²) in [6.07, 6.45) is 0.521. The van der Waals surface area contributed by atoms with Crippen molar-refractivity contribution in [1.29, 1.82) is 0 Å². The molecule has 0 radical (unpaired) electrons. The zero-order valence-corrected chi connectivity index (χ0v) is 12.7. The number of hydrogen-bond donors (Lipinski definition) is 1. The van der Waals surface area contributed by atoms with Gasteiger partial charge in [0.25, 0.3) is 0 Å². The van der Waals surface area contributed by atoms with Gasteiger partial charge in [-0.25, -0.2) is 13.1 Å². The zero-order chi connectivity index (χ0) is 13.4. The maximum Gasteiger partial charge on any atom is 0.211 e. The Hall–Kier alpha value is -0.430. The predicted molar refractivity (Wildman–Crippen MR) is 76.5 cm³/mol. The van der Waals surface area contributed by atoms with E-state index in [-0.39, 0.29) is 10.6 Å². The van der Waals surface area contributed by atoms with E-state index in [0.717, 1.165) is 5.56 Å². The smallest absolute Gasteiger partial charge is 0.211 e. The first-order chi connectivity index (χ1) is 8.53. The molecule has 0 bridgehead atoms. The number of benzene rings is 1. The number of alkyl halides is 1. The molecule has 1 aromatic carbocycles. The summed E-state index contributed by atoms with van der Waals surface area (Å²) in [5, 5.41) is 0. The molecule has 0 aromatic heterocycles. The fourth-order valence-corrected chi connectivity index (χ4v) is 3.17. The second-order valence-electron chi connectivity index (χ2n) is 3.96. The van der Waals surface area contributed by atoms with Crippen LogP contribution in [-0.2, 0) is 21.2 Å². The summed E-state index contributed by atoms with van der Waals surface area (Å²) in [6.45, 7) is 0.812. The van der Waals surface area contributed by atoms with E-state index in [1.165, 1.54) is 0 Å². The van der Waals surface area contributed by atoms with Gasteiger partial charge in [-0.3, -0.25) is 0 Å². The van der Waals surface area contributed by atoms with Gasteiger partial charge in [0.05, 0.1) is 17.2 Å². The summed E-state index contributed by atoms with van der Waals surface area (Å²) in [5.74, 6) is 0.101. The molecule has 18 heavy (non-hydrogen) atoms. The molecular weight excluding hydrogens is 318 g/mol. The molecule has 1 N–H and O–H groups in total. The Bertz CT molecular complexity index is 436. The highest BCUT2D eigenvalue weighted by molar-refractivity contribution is 9.09. The Morgan fingerprint density at radius 3 is 2.61 bits per heavy atom. The minimum atomic E-state index is -3.23. The van der Waals surface area contributed by atoms with E-state index < -0.39 is 10.0 Å². The molecule has 0 fully saturated rings. The van der Waals surface area contributed by atoms with Crippen molar-refractivity contribution in [3.63, 3.8) is 0 Å². The molecule has 0 aliphatic carbocycles. The fourth-order valence-electron chi connectivity index (χ4n) is 1.43. The molecule has 0 heterocycles. The lowest BCUT2D eigenvalue weighted by molar-refractivity contribution is 0.201. The second-order valence-corrected chi connectivity index (χ2v) is 7.18. The first-order valence-electron chi connectivity index (χ1n) is 5.68. The van der Waals surface area contributed by atoms with Crippen LogP contribution < -0.4 is 4.72 Å². The Kier molecular flexibility index (Phi) is 6.85. The summed E-state index contributed by atoms with van der Waals surface area (Å²) in [7, 11) is -1.65. The third-order valence-corrected chi connectivity index (χ3v) is 4.31. The number of sulfonamides is 1. The third kappa shape index (κ3) is 6.49. The third-order valence-electron chi connectivity index (χ3n) is 2.37. The van der Waals surface area contributed by atoms with Crippen LogP contribution in [0.25, 0.3) is 0 Å². The van der Waals surface area contributed by atoms with Crippen molar-refractivity contribution in [2.24, 2.45) is 0 Å². The molecule has 1 rings (SSSR count). The van der Waals surface area contributed by atoms with E-state index in [0.29, 0.717) is 19.6 Å². The molecule has 0 aliphatic rings. The Labute approximate surface area is 117 Å². The normalized spacial score (nSPS) is 13.4. The predicted octanol–water partition coefficient (Wildman–Crippen LogP) is 1.56. The SMILES string of the molecule is COCC(Br)CNS(=O)(=O)CCc1ccccc1. The molecule has 4 nitrogen and oxygen atoms in total. The highest BCUT2D eigenvalue weighted by Gasteiger charge is 2.12. The number of rotatable bonds is 8. The van der Waals surface area contributed by atoms with Crippen molar-refractivity contribution in [2.75, 3.05) is 26.0 Å². The van der Waals surface area contributed by atoms with Crippen molar-refractivity contribution >= 4 is 26.0 Å². The molecule has 6 heteroatoms. The van der Waals surface area contributed by atoms with Gasteiger partial charge in [-0.15, -0.1) is 0 Å². The van der Waals surface area contributed by atoms with Gasteiger partial charge >= 0.3 is 0 Å². The van der Waals surface area contributed by atoms with Gasteiger partial charge in [-0.1, -0.05) is 46.3 Å². The van der Waals surface area contributed by atoms with Crippen molar-refractivity contribution in [3.05, 3.63) is 35.9 Å². The van der Waals surface area contributed by atoms with Crippen LogP contribution in [0.5, 0.6) is 0 Å². The first kappa shape index (κ1) is 15.6. The van der Waals surface area contributed by atoms with E-state index in [2.05, 4.69) is 20.7 Å². The average Bonchev–Trinajstić information content (AvgIpc) is 2.36. The van der Waals surface area contributed by atoms with Gasteiger partial charge in [0, 0.05) is 13.7 Å². The molecule has 1 unspecified atom stereocenters. The molecule has 102 valence electrons. The molecule has 0 saturated heterocycles. The topological polar surface area (TPSA) is 55.4 Å². The molecule has 1 aromatic rings. The number of methoxy groups -OCH3 is 1. The monoisotopic (exact) mass is 335 g/mol. The van der Waals surface area contributed by atoms with Gasteiger partial charge in [-0.05, 0) is 12.0 Å². The van der Waals surface area contributed by atoms with E-state index in [1.54, 1.807) is 7.11 Å². The van der Waals surface area contributed by atoms with E-state index in [4.69, 9.17) is 4.74 Å². The first-order valence-corrected chi connectivity index (χ1v) is 8.24. The van der Waals surface area contributed by atoms with Crippen LogP contribution in [0.15, 0.2) is 30.3 Å². The van der Waals surface area contributed by atoms with E-state index in [1.807, 2.05) is 30.3 Å². The molecule has 1 atom stereocenters. The second kappa shape index (κ2) is 7.89. The van der Waals surface area contributed by atoms with E-state index in [9.17, 15) is 8.42 Å². The minimum Gasteiger partial charge on any atom is -0.383 e. The van der Waals surface area contributed by atoms with Gasteiger partial charge in [-0.2, -0.15) is 0 Å². The average molecular weight is 336 g/mol. The number of nitrogens with one attached hydrogen (secondary N) is 1. The number of ether oxygens (including phenoxy) is 1. The zero-order valence-electron chi connectivity index (χ0n) is 10.3. The van der Waals surface area contributed by atoms with Crippen molar-refractivity contribution < 1.29 is 13.2 Å². The maximum atomic E-state index is 11.7.